The molecular weight excluding hydrogens is 342 g/mol. The summed E-state index contributed by atoms with van der Waals surface area (Å²) in [6, 6.07) is 13.4. The average molecular weight is 369 g/mol. The van der Waals surface area contributed by atoms with Gasteiger partial charge in [0.1, 0.15) is 18.1 Å². The molecule has 1 heterocycles. The number of aryl methyl sites for hydroxylation is 2. The van der Waals surface area contributed by atoms with Gasteiger partial charge < -0.3 is 19.5 Å². The first-order valence-electron chi connectivity index (χ1n) is 9.41. The molecule has 0 saturated carbocycles. The lowest BCUT2D eigenvalue weighted by molar-refractivity contribution is -0.122. The highest BCUT2D eigenvalue weighted by Crippen LogP contribution is 2.26. The standard InChI is InChI=1S/C22H27NO4/c1-15-10-11-16(2)21(13-15)27-17(3)22(24)23-19-8-4-5-9-20(19)26-14-18-7-6-12-25-18/h4-5,8-11,13,17-18H,6-7,12,14H2,1-3H3,(H,23,24). The molecule has 2 unspecified atom stereocenters. The van der Waals surface area contributed by atoms with Crippen LogP contribution in [0.15, 0.2) is 42.5 Å². The van der Waals surface area contributed by atoms with Crippen molar-refractivity contribution in [3.63, 3.8) is 0 Å². The largest absolute Gasteiger partial charge is 0.489 e. The summed E-state index contributed by atoms with van der Waals surface area (Å²) < 4.78 is 17.3. The van der Waals surface area contributed by atoms with Crippen molar-refractivity contribution in [3.8, 4) is 11.5 Å². The lowest BCUT2D eigenvalue weighted by Crippen LogP contribution is -2.30. The number of nitrogens with one attached hydrogen (secondary N) is 1. The lowest BCUT2D eigenvalue weighted by atomic mass is 10.1. The fourth-order valence-electron chi connectivity index (χ4n) is 2.97. The van der Waals surface area contributed by atoms with Crippen LogP contribution in [0.3, 0.4) is 0 Å². The molecule has 5 nitrogen and oxygen atoms in total. The Morgan fingerprint density at radius 2 is 2.04 bits per heavy atom. The van der Waals surface area contributed by atoms with Gasteiger partial charge in [0.15, 0.2) is 6.10 Å². The van der Waals surface area contributed by atoms with Gasteiger partial charge in [0.25, 0.3) is 5.91 Å². The Morgan fingerprint density at radius 3 is 2.81 bits per heavy atom. The van der Waals surface area contributed by atoms with Crippen molar-refractivity contribution in [2.45, 2.75) is 45.8 Å². The summed E-state index contributed by atoms with van der Waals surface area (Å²) in [6.07, 6.45) is 1.58. The second-order valence-electron chi connectivity index (χ2n) is 6.96. The van der Waals surface area contributed by atoms with Crippen molar-refractivity contribution in [1.29, 1.82) is 0 Å². The smallest absolute Gasteiger partial charge is 0.265 e. The van der Waals surface area contributed by atoms with Crippen LogP contribution in [-0.2, 0) is 9.53 Å². The SMILES string of the molecule is Cc1ccc(C)c(OC(C)C(=O)Nc2ccccc2OCC2CCCO2)c1. The molecule has 1 N–H and O–H groups in total. The number of benzene rings is 2. The minimum Gasteiger partial charge on any atom is -0.489 e. The zero-order chi connectivity index (χ0) is 19.2. The van der Waals surface area contributed by atoms with Gasteiger partial charge in [-0.05, 0) is 62.9 Å². The molecule has 1 aliphatic heterocycles. The van der Waals surface area contributed by atoms with Crippen molar-refractivity contribution in [1.82, 2.24) is 0 Å². The van der Waals surface area contributed by atoms with Gasteiger partial charge in [0.2, 0.25) is 0 Å². The second-order valence-corrected chi connectivity index (χ2v) is 6.96. The Balaban J connectivity index is 1.62. The highest BCUT2D eigenvalue weighted by molar-refractivity contribution is 5.95. The summed E-state index contributed by atoms with van der Waals surface area (Å²) in [5.41, 5.74) is 2.73. The number of para-hydroxylation sites is 2. The van der Waals surface area contributed by atoms with Crippen LogP contribution in [0.5, 0.6) is 11.5 Å². The molecule has 0 bridgehead atoms. The minimum atomic E-state index is -0.628. The van der Waals surface area contributed by atoms with E-state index in [0.717, 1.165) is 36.3 Å². The number of anilines is 1. The molecule has 3 rings (SSSR count). The third-order valence-electron chi connectivity index (χ3n) is 4.61. The van der Waals surface area contributed by atoms with Crippen molar-refractivity contribution < 1.29 is 19.0 Å². The van der Waals surface area contributed by atoms with Crippen LogP contribution in [0.2, 0.25) is 0 Å². The molecule has 1 amide bonds. The summed E-state index contributed by atoms with van der Waals surface area (Å²) in [7, 11) is 0. The van der Waals surface area contributed by atoms with Gasteiger partial charge in [0, 0.05) is 6.61 Å². The van der Waals surface area contributed by atoms with E-state index in [-0.39, 0.29) is 12.0 Å². The van der Waals surface area contributed by atoms with Gasteiger partial charge in [0.05, 0.1) is 11.8 Å². The number of carbonyl (C=O) groups is 1. The molecule has 2 aromatic carbocycles. The topological polar surface area (TPSA) is 56.8 Å². The summed E-state index contributed by atoms with van der Waals surface area (Å²) in [6.45, 7) is 6.99. The molecular formula is C22H27NO4. The monoisotopic (exact) mass is 369 g/mol. The van der Waals surface area contributed by atoms with Gasteiger partial charge in [-0.25, -0.2) is 0 Å². The molecule has 144 valence electrons. The van der Waals surface area contributed by atoms with E-state index < -0.39 is 6.10 Å². The summed E-state index contributed by atoms with van der Waals surface area (Å²) >= 11 is 0. The molecule has 5 heteroatoms. The minimum absolute atomic E-state index is 0.125. The Bertz CT molecular complexity index is 784. The third kappa shape index (κ3) is 5.23. The van der Waals surface area contributed by atoms with Crippen LogP contribution in [-0.4, -0.2) is 31.3 Å². The maximum Gasteiger partial charge on any atom is 0.265 e. The normalized spacial score (nSPS) is 17.4. The molecule has 1 fully saturated rings. The van der Waals surface area contributed by atoms with E-state index in [4.69, 9.17) is 14.2 Å². The Labute approximate surface area is 160 Å². The number of hydrogen-bond acceptors (Lipinski definition) is 4. The first kappa shape index (κ1) is 19.2. The number of hydrogen-bond donors (Lipinski definition) is 1. The van der Waals surface area contributed by atoms with Crippen LogP contribution >= 0.6 is 0 Å². The Kier molecular flexibility index (Phi) is 6.35. The molecule has 0 radical (unpaired) electrons. The molecule has 0 aromatic heterocycles. The first-order valence-corrected chi connectivity index (χ1v) is 9.41. The zero-order valence-electron chi connectivity index (χ0n) is 16.2. The van der Waals surface area contributed by atoms with Gasteiger partial charge in [-0.2, -0.15) is 0 Å². The fraction of sp³-hybridized carbons (Fsp3) is 0.409. The molecule has 1 aliphatic rings. The molecule has 2 aromatic rings. The second kappa shape index (κ2) is 8.91. The van der Waals surface area contributed by atoms with Crippen molar-refractivity contribution in [2.24, 2.45) is 0 Å². The quantitative estimate of drug-likeness (QED) is 0.792. The van der Waals surface area contributed by atoms with Crippen LogP contribution in [0, 0.1) is 13.8 Å². The number of ether oxygens (including phenoxy) is 3. The van der Waals surface area contributed by atoms with E-state index in [1.165, 1.54) is 0 Å². The number of rotatable bonds is 7. The van der Waals surface area contributed by atoms with E-state index >= 15 is 0 Å². The predicted octanol–water partition coefficient (Wildman–Crippen LogP) is 4.27. The predicted molar refractivity (Wildman–Crippen MR) is 106 cm³/mol. The Morgan fingerprint density at radius 1 is 1.22 bits per heavy atom. The van der Waals surface area contributed by atoms with Gasteiger partial charge >= 0.3 is 0 Å². The molecule has 1 saturated heterocycles. The van der Waals surface area contributed by atoms with Gasteiger partial charge in [-0.15, -0.1) is 0 Å². The van der Waals surface area contributed by atoms with Crippen LogP contribution in [0.4, 0.5) is 5.69 Å². The Hall–Kier alpha value is -2.53. The van der Waals surface area contributed by atoms with Gasteiger partial charge in [-0.3, -0.25) is 4.79 Å². The first-order chi connectivity index (χ1) is 13.0. The maximum absolute atomic E-state index is 12.6. The molecule has 27 heavy (non-hydrogen) atoms. The lowest BCUT2D eigenvalue weighted by Gasteiger charge is -2.19. The summed E-state index contributed by atoms with van der Waals surface area (Å²) in [4.78, 5) is 12.6. The summed E-state index contributed by atoms with van der Waals surface area (Å²) in [5.74, 6) is 1.14. The molecule has 0 spiro atoms. The highest BCUT2D eigenvalue weighted by atomic mass is 16.5. The van der Waals surface area contributed by atoms with E-state index in [0.29, 0.717) is 18.0 Å². The van der Waals surface area contributed by atoms with Gasteiger partial charge in [-0.1, -0.05) is 24.3 Å². The van der Waals surface area contributed by atoms with Crippen molar-refractivity contribution >= 4 is 11.6 Å². The zero-order valence-corrected chi connectivity index (χ0v) is 16.2. The van der Waals surface area contributed by atoms with Crippen molar-refractivity contribution in [2.75, 3.05) is 18.5 Å². The molecule has 2 atom stereocenters. The average Bonchev–Trinajstić information content (AvgIpc) is 3.17. The highest BCUT2D eigenvalue weighted by Gasteiger charge is 2.19. The summed E-state index contributed by atoms with van der Waals surface area (Å²) in [5, 5.41) is 2.91. The van der Waals surface area contributed by atoms with E-state index in [1.807, 2.05) is 56.3 Å². The van der Waals surface area contributed by atoms with Crippen molar-refractivity contribution in [3.05, 3.63) is 53.6 Å². The van der Waals surface area contributed by atoms with Crippen LogP contribution < -0.4 is 14.8 Å². The molecule has 0 aliphatic carbocycles. The fourth-order valence-corrected chi connectivity index (χ4v) is 2.97. The third-order valence-corrected chi connectivity index (χ3v) is 4.61. The maximum atomic E-state index is 12.6. The van der Waals surface area contributed by atoms with E-state index in [2.05, 4.69) is 5.32 Å². The number of amides is 1. The van der Waals surface area contributed by atoms with E-state index in [1.54, 1.807) is 6.92 Å². The number of carbonyl (C=O) groups excluding carboxylic acids is 1. The van der Waals surface area contributed by atoms with E-state index in [9.17, 15) is 4.79 Å². The van der Waals surface area contributed by atoms with Crippen LogP contribution in [0.25, 0.3) is 0 Å². The van der Waals surface area contributed by atoms with Crippen LogP contribution in [0.1, 0.15) is 30.9 Å².